The van der Waals surface area contributed by atoms with Crippen molar-refractivity contribution in [1.82, 2.24) is 0 Å². The highest BCUT2D eigenvalue weighted by Gasteiger charge is 2.24. The van der Waals surface area contributed by atoms with Crippen molar-refractivity contribution in [3.05, 3.63) is 12.2 Å². The van der Waals surface area contributed by atoms with Crippen molar-refractivity contribution < 1.29 is 4.79 Å². The van der Waals surface area contributed by atoms with Crippen molar-refractivity contribution in [2.75, 3.05) is 0 Å². The van der Waals surface area contributed by atoms with E-state index < -0.39 is 0 Å². The number of allylic oxidation sites excluding steroid dienone is 1. The number of hydrogen-bond donors (Lipinski definition) is 0. The van der Waals surface area contributed by atoms with Gasteiger partial charge in [0.25, 0.3) is 0 Å². The smallest absolute Gasteiger partial charge is 0.136 e. The Morgan fingerprint density at radius 3 is 2.45 bits per heavy atom. The molecule has 0 bridgehead atoms. The van der Waals surface area contributed by atoms with Gasteiger partial charge in [0.1, 0.15) is 5.78 Å². The number of hydrogen-bond acceptors (Lipinski definition) is 1. The number of carbonyl (C=O) groups excluding carboxylic acids is 1. The summed E-state index contributed by atoms with van der Waals surface area (Å²) in [6.07, 6.45) is 5.13. The summed E-state index contributed by atoms with van der Waals surface area (Å²) in [7, 11) is 0. The minimum Gasteiger partial charge on any atom is -0.299 e. The highest BCUT2D eigenvalue weighted by atomic mass is 16.1. The van der Waals surface area contributed by atoms with E-state index in [2.05, 4.69) is 6.58 Å². The number of ketones is 1. The minimum absolute atomic E-state index is 0.411. The lowest BCUT2D eigenvalue weighted by molar-refractivity contribution is -0.125. The molecule has 62 valence electrons. The number of rotatable bonds is 4. The van der Waals surface area contributed by atoms with Crippen LogP contribution in [0, 0.1) is 5.92 Å². The van der Waals surface area contributed by atoms with Crippen LogP contribution >= 0.6 is 0 Å². The molecule has 0 aromatic rings. The lowest BCUT2D eigenvalue weighted by Gasteiger charge is -2.23. The molecule has 0 aromatic carbocycles. The van der Waals surface area contributed by atoms with E-state index in [4.69, 9.17) is 0 Å². The van der Waals surface area contributed by atoms with E-state index >= 15 is 0 Å². The molecule has 0 amide bonds. The van der Waals surface area contributed by atoms with Crippen molar-refractivity contribution >= 4 is 5.78 Å². The Morgan fingerprint density at radius 2 is 2.09 bits per heavy atom. The molecule has 1 aliphatic carbocycles. The summed E-state index contributed by atoms with van der Waals surface area (Å²) in [5, 5.41) is 0. The molecule has 0 aromatic heterocycles. The Labute approximate surface area is 68.5 Å². The molecule has 0 N–H and O–H groups in total. The molecule has 1 heteroatoms. The molecule has 1 saturated carbocycles. The van der Waals surface area contributed by atoms with E-state index in [1.54, 1.807) is 0 Å². The molecule has 0 heterocycles. The van der Waals surface area contributed by atoms with E-state index in [9.17, 15) is 4.79 Å². The van der Waals surface area contributed by atoms with Crippen molar-refractivity contribution in [3.63, 3.8) is 0 Å². The number of Topliss-reactive ketones (excluding diaryl/α,β-unsaturated/α-hetero) is 1. The third-order valence-electron chi connectivity index (χ3n) is 2.36. The Balaban J connectivity index is 2.15. The van der Waals surface area contributed by atoms with Gasteiger partial charge in [-0.25, -0.2) is 0 Å². The maximum atomic E-state index is 11.3. The van der Waals surface area contributed by atoms with Gasteiger partial charge in [0.15, 0.2) is 0 Å². The van der Waals surface area contributed by atoms with E-state index in [-0.39, 0.29) is 0 Å². The summed E-state index contributed by atoms with van der Waals surface area (Å²) in [6.45, 7) is 5.76. The van der Waals surface area contributed by atoms with E-state index in [1.807, 2.05) is 6.92 Å². The van der Waals surface area contributed by atoms with Crippen molar-refractivity contribution in [3.8, 4) is 0 Å². The molecular formula is C10H16O. The average molecular weight is 152 g/mol. The topological polar surface area (TPSA) is 17.1 Å². The molecule has 1 aliphatic rings. The maximum Gasteiger partial charge on any atom is 0.136 e. The molecule has 1 fully saturated rings. The fourth-order valence-corrected chi connectivity index (χ4v) is 1.27. The normalized spacial score (nSPS) is 17.5. The van der Waals surface area contributed by atoms with Gasteiger partial charge in [-0.05, 0) is 26.2 Å². The molecule has 11 heavy (non-hydrogen) atoms. The van der Waals surface area contributed by atoms with Gasteiger partial charge in [0.2, 0.25) is 0 Å². The highest BCUT2D eigenvalue weighted by molar-refractivity contribution is 5.81. The van der Waals surface area contributed by atoms with Crippen LogP contribution in [0.2, 0.25) is 0 Å². The first-order valence-electron chi connectivity index (χ1n) is 4.37. The van der Waals surface area contributed by atoms with Crippen LogP contribution in [-0.2, 0) is 4.79 Å². The third kappa shape index (κ3) is 2.49. The molecular weight excluding hydrogens is 136 g/mol. The van der Waals surface area contributed by atoms with Gasteiger partial charge >= 0.3 is 0 Å². The van der Waals surface area contributed by atoms with Crippen LogP contribution in [0.4, 0.5) is 0 Å². The molecule has 0 atom stereocenters. The fourth-order valence-electron chi connectivity index (χ4n) is 1.27. The van der Waals surface area contributed by atoms with Gasteiger partial charge in [0, 0.05) is 12.3 Å². The number of carbonyl (C=O) groups is 1. The predicted molar refractivity (Wildman–Crippen MR) is 46.4 cm³/mol. The van der Waals surface area contributed by atoms with Crippen LogP contribution in [-0.4, -0.2) is 5.78 Å². The zero-order valence-corrected chi connectivity index (χ0v) is 7.23. The predicted octanol–water partition coefficient (Wildman–Crippen LogP) is 2.71. The summed E-state index contributed by atoms with van der Waals surface area (Å²) in [6, 6.07) is 0. The monoisotopic (exact) mass is 152 g/mol. The second-order valence-corrected chi connectivity index (χ2v) is 3.55. The zero-order chi connectivity index (χ0) is 8.27. The molecule has 0 aliphatic heterocycles. The van der Waals surface area contributed by atoms with Gasteiger partial charge in [-0.2, -0.15) is 0 Å². The Bertz CT molecular complexity index is 166. The summed E-state index contributed by atoms with van der Waals surface area (Å²) >= 11 is 0. The highest BCUT2D eigenvalue weighted by Crippen LogP contribution is 2.28. The lowest BCUT2D eigenvalue weighted by atomic mass is 9.80. The summed E-state index contributed by atoms with van der Waals surface area (Å²) in [4.78, 5) is 11.3. The molecule has 0 saturated heterocycles. The van der Waals surface area contributed by atoms with Crippen LogP contribution in [0.15, 0.2) is 12.2 Å². The van der Waals surface area contributed by atoms with Gasteiger partial charge < -0.3 is 0 Å². The lowest BCUT2D eigenvalue weighted by Crippen LogP contribution is -2.21. The van der Waals surface area contributed by atoms with Crippen LogP contribution < -0.4 is 0 Å². The Morgan fingerprint density at radius 1 is 1.45 bits per heavy atom. The standard InChI is InChI=1S/C10H16O/c1-8(2)6-7-10(11)9-4-3-5-9/h9H,1,3-7H2,2H3. The summed E-state index contributed by atoms with van der Waals surface area (Å²) < 4.78 is 0. The first-order chi connectivity index (χ1) is 5.20. The first-order valence-corrected chi connectivity index (χ1v) is 4.37. The zero-order valence-electron chi connectivity index (χ0n) is 7.23. The molecule has 1 nitrogen and oxygen atoms in total. The van der Waals surface area contributed by atoms with E-state index in [1.165, 1.54) is 6.42 Å². The largest absolute Gasteiger partial charge is 0.299 e. The third-order valence-corrected chi connectivity index (χ3v) is 2.36. The van der Waals surface area contributed by atoms with Crippen LogP contribution in [0.3, 0.4) is 0 Å². The van der Waals surface area contributed by atoms with E-state index in [0.29, 0.717) is 11.7 Å². The average Bonchev–Trinajstić information content (AvgIpc) is 1.79. The van der Waals surface area contributed by atoms with Gasteiger partial charge in [-0.15, -0.1) is 6.58 Å². The van der Waals surface area contributed by atoms with Crippen LogP contribution in [0.5, 0.6) is 0 Å². The van der Waals surface area contributed by atoms with E-state index in [0.717, 1.165) is 31.3 Å². The second kappa shape index (κ2) is 3.70. The SMILES string of the molecule is C=C(C)CCC(=O)C1CCC1. The molecule has 0 unspecified atom stereocenters. The Hall–Kier alpha value is -0.590. The van der Waals surface area contributed by atoms with Gasteiger partial charge in [0.05, 0.1) is 0 Å². The van der Waals surface area contributed by atoms with Gasteiger partial charge in [-0.3, -0.25) is 4.79 Å². The van der Waals surface area contributed by atoms with Crippen molar-refractivity contribution in [2.24, 2.45) is 5.92 Å². The second-order valence-electron chi connectivity index (χ2n) is 3.55. The molecule has 1 rings (SSSR count). The quantitative estimate of drug-likeness (QED) is 0.566. The molecule has 0 spiro atoms. The van der Waals surface area contributed by atoms with Crippen LogP contribution in [0.25, 0.3) is 0 Å². The summed E-state index contributed by atoms with van der Waals surface area (Å²) in [5.74, 6) is 0.869. The first kappa shape index (κ1) is 8.51. The van der Waals surface area contributed by atoms with Crippen molar-refractivity contribution in [2.45, 2.75) is 39.0 Å². The van der Waals surface area contributed by atoms with Crippen LogP contribution in [0.1, 0.15) is 39.0 Å². The fraction of sp³-hybridized carbons (Fsp3) is 0.700. The maximum absolute atomic E-state index is 11.3. The van der Waals surface area contributed by atoms with Crippen molar-refractivity contribution in [1.29, 1.82) is 0 Å². The summed E-state index contributed by atoms with van der Waals surface area (Å²) in [5.41, 5.74) is 1.12. The minimum atomic E-state index is 0.411. The molecule has 0 radical (unpaired) electrons. The van der Waals surface area contributed by atoms with Gasteiger partial charge in [-0.1, -0.05) is 12.0 Å². The Kier molecular flexibility index (Phi) is 2.86.